The Morgan fingerprint density at radius 3 is 2.95 bits per heavy atom. The molecule has 0 saturated carbocycles. The van der Waals surface area contributed by atoms with Crippen LogP contribution in [0.1, 0.15) is 18.9 Å². The summed E-state index contributed by atoms with van der Waals surface area (Å²) < 4.78 is 5.41. The molecule has 1 fully saturated rings. The standard InChI is InChI=1S/C12H18N4O3/c1-3-19-10-8(2)9(14-7-15-10)16-5-4-12(13,6-16)11(17)18/h7H,3-6,13H2,1-2H3,(H,17,18). The normalized spacial score (nSPS) is 22.6. The maximum Gasteiger partial charge on any atom is 0.325 e. The third kappa shape index (κ3) is 2.46. The Labute approximate surface area is 111 Å². The first-order valence-corrected chi connectivity index (χ1v) is 6.19. The van der Waals surface area contributed by atoms with E-state index in [2.05, 4.69) is 9.97 Å². The van der Waals surface area contributed by atoms with E-state index in [9.17, 15) is 4.79 Å². The van der Waals surface area contributed by atoms with Crippen molar-refractivity contribution in [2.75, 3.05) is 24.6 Å². The van der Waals surface area contributed by atoms with E-state index >= 15 is 0 Å². The minimum absolute atomic E-state index is 0.242. The zero-order valence-electron chi connectivity index (χ0n) is 11.1. The van der Waals surface area contributed by atoms with E-state index in [4.69, 9.17) is 15.6 Å². The molecule has 2 heterocycles. The van der Waals surface area contributed by atoms with E-state index in [-0.39, 0.29) is 6.54 Å². The molecule has 1 aliphatic rings. The molecule has 0 radical (unpaired) electrons. The summed E-state index contributed by atoms with van der Waals surface area (Å²) in [6, 6.07) is 0. The van der Waals surface area contributed by atoms with E-state index in [0.717, 1.165) is 5.56 Å². The SMILES string of the molecule is CCOc1ncnc(N2CCC(N)(C(=O)O)C2)c1C. The van der Waals surface area contributed by atoms with E-state index in [1.807, 2.05) is 18.7 Å². The second-order valence-corrected chi connectivity index (χ2v) is 4.69. The van der Waals surface area contributed by atoms with Crippen LogP contribution < -0.4 is 15.4 Å². The molecule has 0 aromatic carbocycles. The molecule has 3 N–H and O–H groups in total. The lowest BCUT2D eigenvalue weighted by Crippen LogP contribution is -2.50. The molecule has 7 nitrogen and oxygen atoms in total. The van der Waals surface area contributed by atoms with Crippen LogP contribution in [-0.2, 0) is 4.79 Å². The number of anilines is 1. The Balaban J connectivity index is 2.25. The van der Waals surface area contributed by atoms with Gasteiger partial charge in [0.25, 0.3) is 0 Å². The van der Waals surface area contributed by atoms with Gasteiger partial charge in [-0.1, -0.05) is 0 Å². The minimum Gasteiger partial charge on any atom is -0.480 e. The molecular weight excluding hydrogens is 248 g/mol. The predicted molar refractivity (Wildman–Crippen MR) is 69.3 cm³/mol. The lowest BCUT2D eigenvalue weighted by molar-refractivity contribution is -0.142. The highest BCUT2D eigenvalue weighted by Gasteiger charge is 2.42. The first-order chi connectivity index (χ1) is 8.98. The second kappa shape index (κ2) is 5.00. The van der Waals surface area contributed by atoms with Crippen molar-refractivity contribution in [1.29, 1.82) is 0 Å². The summed E-state index contributed by atoms with van der Waals surface area (Å²) >= 11 is 0. The average molecular weight is 266 g/mol. The lowest BCUT2D eigenvalue weighted by atomic mass is 10.0. The fourth-order valence-corrected chi connectivity index (χ4v) is 2.21. The molecule has 104 valence electrons. The fourth-order valence-electron chi connectivity index (χ4n) is 2.21. The van der Waals surface area contributed by atoms with Crippen molar-refractivity contribution >= 4 is 11.8 Å². The van der Waals surface area contributed by atoms with Crippen LogP contribution in [0, 0.1) is 6.92 Å². The van der Waals surface area contributed by atoms with Crippen molar-refractivity contribution in [3.8, 4) is 5.88 Å². The molecule has 19 heavy (non-hydrogen) atoms. The molecule has 1 aromatic rings. The zero-order chi connectivity index (χ0) is 14.0. The van der Waals surface area contributed by atoms with Crippen LogP contribution in [0.25, 0.3) is 0 Å². The van der Waals surface area contributed by atoms with E-state index in [1.165, 1.54) is 6.33 Å². The maximum absolute atomic E-state index is 11.1. The number of ether oxygens (including phenoxy) is 1. The maximum atomic E-state index is 11.1. The molecule has 1 aliphatic heterocycles. The largest absolute Gasteiger partial charge is 0.480 e. The minimum atomic E-state index is -1.21. The highest BCUT2D eigenvalue weighted by molar-refractivity contribution is 5.80. The monoisotopic (exact) mass is 266 g/mol. The molecule has 1 atom stereocenters. The summed E-state index contributed by atoms with van der Waals surface area (Å²) in [4.78, 5) is 21.3. The highest BCUT2D eigenvalue weighted by atomic mass is 16.5. The summed E-state index contributed by atoms with van der Waals surface area (Å²) in [6.07, 6.45) is 1.82. The van der Waals surface area contributed by atoms with Crippen LogP contribution in [0.5, 0.6) is 5.88 Å². The Morgan fingerprint density at radius 2 is 2.37 bits per heavy atom. The number of nitrogens with zero attached hydrogens (tertiary/aromatic N) is 3. The van der Waals surface area contributed by atoms with Crippen molar-refractivity contribution in [2.45, 2.75) is 25.8 Å². The highest BCUT2D eigenvalue weighted by Crippen LogP contribution is 2.29. The molecular formula is C12H18N4O3. The first kappa shape index (κ1) is 13.5. The summed E-state index contributed by atoms with van der Waals surface area (Å²) in [7, 11) is 0. The molecule has 0 amide bonds. The van der Waals surface area contributed by atoms with Crippen LogP contribution >= 0.6 is 0 Å². The van der Waals surface area contributed by atoms with Gasteiger partial charge in [-0.05, 0) is 20.3 Å². The van der Waals surface area contributed by atoms with Gasteiger partial charge in [-0.15, -0.1) is 0 Å². The first-order valence-electron chi connectivity index (χ1n) is 6.19. The van der Waals surface area contributed by atoms with Crippen molar-refractivity contribution < 1.29 is 14.6 Å². The summed E-state index contributed by atoms with van der Waals surface area (Å²) in [5.41, 5.74) is 5.46. The van der Waals surface area contributed by atoms with Gasteiger partial charge in [0.05, 0.1) is 12.2 Å². The fraction of sp³-hybridized carbons (Fsp3) is 0.583. The predicted octanol–water partition coefficient (Wildman–Crippen LogP) is 0.176. The van der Waals surface area contributed by atoms with Crippen LogP contribution in [0.2, 0.25) is 0 Å². The Hall–Kier alpha value is -1.89. The molecule has 2 rings (SSSR count). The number of hydrogen-bond acceptors (Lipinski definition) is 6. The Bertz CT molecular complexity index is 494. The molecule has 1 unspecified atom stereocenters. The van der Waals surface area contributed by atoms with Gasteiger partial charge in [-0.3, -0.25) is 4.79 Å². The third-order valence-corrected chi connectivity index (χ3v) is 3.32. The van der Waals surface area contributed by atoms with Crippen LogP contribution in [0.4, 0.5) is 5.82 Å². The quantitative estimate of drug-likeness (QED) is 0.801. The summed E-state index contributed by atoms with van der Waals surface area (Å²) in [6.45, 7) is 5.06. The van der Waals surface area contributed by atoms with E-state index in [0.29, 0.717) is 31.3 Å². The van der Waals surface area contributed by atoms with Gasteiger partial charge in [0, 0.05) is 13.1 Å². The van der Waals surface area contributed by atoms with Crippen LogP contribution in [-0.4, -0.2) is 46.3 Å². The van der Waals surface area contributed by atoms with Crippen molar-refractivity contribution in [2.24, 2.45) is 5.73 Å². The molecule has 0 spiro atoms. The number of hydrogen-bond donors (Lipinski definition) is 2. The van der Waals surface area contributed by atoms with E-state index < -0.39 is 11.5 Å². The smallest absolute Gasteiger partial charge is 0.325 e. The summed E-state index contributed by atoms with van der Waals surface area (Å²) in [5.74, 6) is 0.233. The summed E-state index contributed by atoms with van der Waals surface area (Å²) in [5, 5.41) is 9.14. The number of aromatic nitrogens is 2. The number of carboxylic acids is 1. The molecule has 7 heteroatoms. The van der Waals surface area contributed by atoms with Crippen molar-refractivity contribution in [1.82, 2.24) is 9.97 Å². The number of carboxylic acid groups (broad SMARTS) is 1. The van der Waals surface area contributed by atoms with Gasteiger partial charge < -0.3 is 20.5 Å². The second-order valence-electron chi connectivity index (χ2n) is 4.69. The number of rotatable bonds is 4. The zero-order valence-corrected chi connectivity index (χ0v) is 11.1. The average Bonchev–Trinajstić information content (AvgIpc) is 2.76. The topological polar surface area (TPSA) is 102 Å². The van der Waals surface area contributed by atoms with Crippen molar-refractivity contribution in [3.05, 3.63) is 11.9 Å². The molecule has 1 saturated heterocycles. The van der Waals surface area contributed by atoms with Crippen molar-refractivity contribution in [3.63, 3.8) is 0 Å². The van der Waals surface area contributed by atoms with Gasteiger partial charge >= 0.3 is 5.97 Å². The molecule has 0 bridgehead atoms. The van der Waals surface area contributed by atoms with Gasteiger partial charge in [-0.25, -0.2) is 9.97 Å². The Kier molecular flexibility index (Phi) is 3.57. The number of carbonyl (C=O) groups is 1. The third-order valence-electron chi connectivity index (χ3n) is 3.32. The van der Waals surface area contributed by atoms with Gasteiger partial charge in [0.15, 0.2) is 0 Å². The number of aliphatic carboxylic acids is 1. The number of nitrogens with two attached hydrogens (primary N) is 1. The molecule has 0 aliphatic carbocycles. The van der Waals surface area contributed by atoms with Gasteiger partial charge in [-0.2, -0.15) is 0 Å². The van der Waals surface area contributed by atoms with Crippen LogP contribution in [0.3, 0.4) is 0 Å². The lowest BCUT2D eigenvalue weighted by Gasteiger charge is -2.22. The van der Waals surface area contributed by atoms with E-state index in [1.54, 1.807) is 0 Å². The van der Waals surface area contributed by atoms with Crippen LogP contribution in [0.15, 0.2) is 6.33 Å². The van der Waals surface area contributed by atoms with Gasteiger partial charge in [0.1, 0.15) is 17.7 Å². The molecule has 1 aromatic heterocycles. The van der Waals surface area contributed by atoms with Gasteiger partial charge in [0.2, 0.25) is 5.88 Å². The Morgan fingerprint density at radius 1 is 1.63 bits per heavy atom.